The van der Waals surface area contributed by atoms with Crippen molar-refractivity contribution in [1.82, 2.24) is 19.2 Å². The van der Waals surface area contributed by atoms with Gasteiger partial charge in [-0.1, -0.05) is 30.3 Å². The van der Waals surface area contributed by atoms with Gasteiger partial charge in [0.2, 0.25) is 0 Å². The summed E-state index contributed by atoms with van der Waals surface area (Å²) in [5, 5.41) is 3.56. The van der Waals surface area contributed by atoms with Crippen LogP contribution < -0.4 is 5.32 Å². The molecule has 3 rings (SSSR count). The molecule has 0 bridgehead atoms. The molecular weight excluding hydrogens is 380 g/mol. The van der Waals surface area contributed by atoms with Gasteiger partial charge in [-0.3, -0.25) is 0 Å². The third-order valence-electron chi connectivity index (χ3n) is 4.88. The summed E-state index contributed by atoms with van der Waals surface area (Å²) in [6.07, 6.45) is 3.04. The van der Waals surface area contributed by atoms with Gasteiger partial charge in [0.05, 0.1) is 26.1 Å². The average Bonchev–Trinajstić information content (AvgIpc) is 3.32. The lowest BCUT2D eigenvalue weighted by Crippen LogP contribution is -2.38. The van der Waals surface area contributed by atoms with Gasteiger partial charge in [-0.05, 0) is 5.56 Å². The van der Waals surface area contributed by atoms with Crippen molar-refractivity contribution >= 4 is 10.0 Å². The molecule has 0 saturated carbocycles. The highest BCUT2D eigenvalue weighted by Gasteiger charge is 2.40. The number of nitrogens with one attached hydrogen (secondary N) is 1. The van der Waals surface area contributed by atoms with Gasteiger partial charge >= 0.3 is 0 Å². The van der Waals surface area contributed by atoms with Crippen LogP contribution in [-0.4, -0.2) is 74.9 Å². The number of hydrogen-bond donors (Lipinski definition) is 1. The van der Waals surface area contributed by atoms with Crippen molar-refractivity contribution in [3.63, 3.8) is 0 Å². The molecule has 1 aliphatic heterocycles. The number of ether oxygens (including phenoxy) is 2. The van der Waals surface area contributed by atoms with Gasteiger partial charge < -0.3 is 19.4 Å². The Morgan fingerprint density at radius 3 is 2.64 bits per heavy atom. The molecule has 1 aromatic carbocycles. The molecule has 9 heteroatoms. The van der Waals surface area contributed by atoms with Crippen LogP contribution in [0.15, 0.2) is 47.9 Å². The standard InChI is InChI=1S/C19H28N4O4S/c1-22-14-19(21-15-22)28(24,25)23-12-17(16-6-4-3-5-7-16)18(13-23)20-8-9-27-11-10-26-2/h3-7,14-15,17-18,20H,8-13H2,1-2H3/t17-,18+/m1/s1. The van der Waals surface area contributed by atoms with E-state index in [9.17, 15) is 8.42 Å². The van der Waals surface area contributed by atoms with Crippen LogP contribution in [-0.2, 0) is 26.5 Å². The van der Waals surface area contributed by atoms with Gasteiger partial charge in [0.15, 0.2) is 5.03 Å². The first-order valence-electron chi connectivity index (χ1n) is 9.35. The largest absolute Gasteiger partial charge is 0.382 e. The zero-order valence-corrected chi connectivity index (χ0v) is 17.1. The van der Waals surface area contributed by atoms with E-state index in [-0.39, 0.29) is 17.0 Å². The molecule has 28 heavy (non-hydrogen) atoms. The number of imidazole rings is 1. The summed E-state index contributed by atoms with van der Waals surface area (Å²) >= 11 is 0. The Kier molecular flexibility index (Phi) is 7.19. The van der Waals surface area contributed by atoms with Crippen molar-refractivity contribution in [2.75, 3.05) is 46.6 Å². The number of aromatic nitrogens is 2. The fourth-order valence-corrected chi connectivity index (χ4v) is 4.88. The van der Waals surface area contributed by atoms with E-state index in [2.05, 4.69) is 10.3 Å². The minimum atomic E-state index is -3.62. The molecule has 1 saturated heterocycles. The van der Waals surface area contributed by atoms with E-state index in [0.29, 0.717) is 39.5 Å². The summed E-state index contributed by atoms with van der Waals surface area (Å²) < 4.78 is 39.6. The monoisotopic (exact) mass is 408 g/mol. The molecule has 1 fully saturated rings. The number of methoxy groups -OCH3 is 1. The van der Waals surface area contributed by atoms with E-state index < -0.39 is 10.0 Å². The minimum Gasteiger partial charge on any atom is -0.382 e. The van der Waals surface area contributed by atoms with Gasteiger partial charge in [0.25, 0.3) is 10.0 Å². The number of hydrogen-bond acceptors (Lipinski definition) is 6. The predicted octanol–water partition coefficient (Wildman–Crippen LogP) is 0.829. The summed E-state index contributed by atoms with van der Waals surface area (Å²) in [5.74, 6) is 0.0682. The van der Waals surface area contributed by atoms with Crippen molar-refractivity contribution in [2.45, 2.75) is 17.0 Å². The summed E-state index contributed by atoms with van der Waals surface area (Å²) in [5.41, 5.74) is 1.12. The minimum absolute atomic E-state index is 0.00640. The third-order valence-corrected chi connectivity index (χ3v) is 6.60. The summed E-state index contributed by atoms with van der Waals surface area (Å²) in [6, 6.07) is 10.0. The molecule has 0 aliphatic carbocycles. The van der Waals surface area contributed by atoms with Crippen LogP contribution >= 0.6 is 0 Å². The van der Waals surface area contributed by atoms with Crippen LogP contribution in [0.2, 0.25) is 0 Å². The summed E-state index contributed by atoms with van der Waals surface area (Å²) in [4.78, 5) is 4.04. The van der Waals surface area contributed by atoms with E-state index >= 15 is 0 Å². The first-order valence-corrected chi connectivity index (χ1v) is 10.8. The van der Waals surface area contributed by atoms with Crippen LogP contribution in [0, 0.1) is 0 Å². The maximum Gasteiger partial charge on any atom is 0.262 e. The zero-order valence-electron chi connectivity index (χ0n) is 16.3. The normalized spacial score (nSPS) is 20.6. The van der Waals surface area contributed by atoms with Gasteiger partial charge in [-0.25, -0.2) is 13.4 Å². The van der Waals surface area contributed by atoms with Crippen molar-refractivity contribution < 1.29 is 17.9 Å². The Morgan fingerprint density at radius 2 is 1.96 bits per heavy atom. The molecule has 0 amide bonds. The van der Waals surface area contributed by atoms with Crippen LogP contribution in [0.5, 0.6) is 0 Å². The second-order valence-corrected chi connectivity index (χ2v) is 8.77. The Labute approximate surface area is 166 Å². The molecule has 1 aliphatic rings. The molecule has 0 spiro atoms. The fraction of sp³-hybridized carbons (Fsp3) is 0.526. The maximum atomic E-state index is 13.0. The SMILES string of the molecule is COCCOCCN[C@H]1CN(S(=O)(=O)c2cn(C)cn2)C[C@@H]1c1ccccc1. The van der Waals surface area contributed by atoms with Gasteiger partial charge in [-0.2, -0.15) is 4.31 Å². The van der Waals surface area contributed by atoms with Crippen LogP contribution in [0.25, 0.3) is 0 Å². The van der Waals surface area contributed by atoms with Crippen LogP contribution in [0.3, 0.4) is 0 Å². The lowest BCUT2D eigenvalue weighted by atomic mass is 9.94. The van der Waals surface area contributed by atoms with Crippen molar-refractivity contribution in [3.05, 3.63) is 48.4 Å². The molecule has 8 nitrogen and oxygen atoms in total. The summed E-state index contributed by atoms with van der Waals surface area (Å²) in [7, 11) is -0.220. The van der Waals surface area contributed by atoms with Gasteiger partial charge in [0, 0.05) is 51.9 Å². The first kappa shape index (κ1) is 20.9. The molecule has 1 N–H and O–H groups in total. The number of rotatable bonds is 10. The molecule has 0 unspecified atom stereocenters. The van der Waals surface area contributed by atoms with E-state index in [0.717, 1.165) is 5.56 Å². The molecule has 2 atom stereocenters. The number of sulfonamides is 1. The second kappa shape index (κ2) is 9.62. The highest BCUT2D eigenvalue weighted by atomic mass is 32.2. The summed E-state index contributed by atoms with van der Waals surface area (Å²) in [6.45, 7) is 3.13. The van der Waals surface area contributed by atoms with Crippen molar-refractivity contribution in [1.29, 1.82) is 0 Å². The van der Waals surface area contributed by atoms with Crippen molar-refractivity contribution in [3.8, 4) is 0 Å². The Bertz CT molecular complexity index is 841. The predicted molar refractivity (Wildman–Crippen MR) is 106 cm³/mol. The van der Waals surface area contributed by atoms with E-state index in [1.54, 1.807) is 18.7 Å². The Hall–Kier alpha value is -1.78. The third kappa shape index (κ3) is 4.98. The van der Waals surface area contributed by atoms with E-state index in [1.807, 2.05) is 30.3 Å². The molecule has 2 heterocycles. The van der Waals surface area contributed by atoms with E-state index in [4.69, 9.17) is 9.47 Å². The van der Waals surface area contributed by atoms with Crippen LogP contribution in [0.1, 0.15) is 11.5 Å². The maximum absolute atomic E-state index is 13.0. The molecule has 2 aromatic rings. The fourth-order valence-electron chi connectivity index (χ4n) is 3.42. The van der Waals surface area contributed by atoms with Gasteiger partial charge in [0.1, 0.15) is 0 Å². The second-order valence-electron chi connectivity index (χ2n) is 6.88. The highest BCUT2D eigenvalue weighted by molar-refractivity contribution is 7.89. The number of benzene rings is 1. The molecule has 154 valence electrons. The number of aryl methyl sites for hydroxylation is 1. The Morgan fingerprint density at radius 1 is 1.18 bits per heavy atom. The lowest BCUT2D eigenvalue weighted by Gasteiger charge is -2.20. The zero-order chi connectivity index (χ0) is 20.0. The van der Waals surface area contributed by atoms with Gasteiger partial charge in [-0.15, -0.1) is 0 Å². The number of nitrogens with zero attached hydrogens (tertiary/aromatic N) is 3. The molecular formula is C19H28N4O4S. The lowest BCUT2D eigenvalue weighted by molar-refractivity contribution is 0.0710. The molecule has 0 radical (unpaired) electrons. The molecule has 1 aromatic heterocycles. The Balaban J connectivity index is 1.70. The average molecular weight is 409 g/mol. The van der Waals surface area contributed by atoms with E-state index in [1.165, 1.54) is 16.8 Å². The van der Waals surface area contributed by atoms with Crippen molar-refractivity contribution in [2.24, 2.45) is 7.05 Å². The topological polar surface area (TPSA) is 85.7 Å². The smallest absolute Gasteiger partial charge is 0.262 e. The highest BCUT2D eigenvalue weighted by Crippen LogP contribution is 2.31. The van der Waals surface area contributed by atoms with Crippen LogP contribution in [0.4, 0.5) is 0 Å². The quantitative estimate of drug-likeness (QED) is 0.586. The first-order chi connectivity index (χ1) is 13.5.